The average molecular weight is 605 g/mol. The monoisotopic (exact) mass is 603 g/mol. The molecule has 0 saturated carbocycles. The molecule has 1 N–H and O–H groups in total. The first-order valence-electron chi connectivity index (χ1n) is 13.2. The number of anilines is 1. The highest BCUT2D eigenvalue weighted by Crippen LogP contribution is 2.27. The van der Waals surface area contributed by atoms with Gasteiger partial charge >= 0.3 is 0 Å². The quantitative estimate of drug-likeness (QED) is 0.267. The standard InChI is InChI=1S/C30H35Cl2N3O4S/c1-4-28(30(37)33-20-22(2)3)34(18-17-23-9-6-5-7-10-23)29(36)21-35(26-12-8-11-25(32)19-26)40(38,39)27-15-13-24(31)14-16-27/h5-16,19,22,28H,4,17-18,20-21H2,1-3H3,(H,33,37). The van der Waals surface area contributed by atoms with Gasteiger partial charge in [-0.25, -0.2) is 8.42 Å². The third kappa shape index (κ3) is 8.46. The summed E-state index contributed by atoms with van der Waals surface area (Å²) in [5, 5.41) is 3.63. The van der Waals surface area contributed by atoms with Gasteiger partial charge < -0.3 is 10.2 Å². The summed E-state index contributed by atoms with van der Waals surface area (Å²) in [6.07, 6.45) is 0.868. The smallest absolute Gasteiger partial charge is 0.264 e. The van der Waals surface area contributed by atoms with Gasteiger partial charge in [0.25, 0.3) is 10.0 Å². The molecule has 214 valence electrons. The number of rotatable bonds is 13. The number of carbonyl (C=O) groups is 2. The van der Waals surface area contributed by atoms with Crippen LogP contribution >= 0.6 is 23.2 Å². The molecule has 10 heteroatoms. The Labute approximate surface area is 247 Å². The van der Waals surface area contributed by atoms with E-state index in [1.54, 1.807) is 18.2 Å². The van der Waals surface area contributed by atoms with Crippen LogP contribution in [0.1, 0.15) is 32.8 Å². The summed E-state index contributed by atoms with van der Waals surface area (Å²) in [5.41, 5.74) is 1.23. The van der Waals surface area contributed by atoms with Gasteiger partial charge in [0.05, 0.1) is 10.6 Å². The molecule has 0 saturated heterocycles. The van der Waals surface area contributed by atoms with Gasteiger partial charge in [-0.05, 0) is 66.8 Å². The van der Waals surface area contributed by atoms with Gasteiger partial charge in [-0.1, -0.05) is 80.4 Å². The minimum absolute atomic E-state index is 0.0257. The van der Waals surface area contributed by atoms with Crippen LogP contribution in [0.4, 0.5) is 5.69 Å². The summed E-state index contributed by atoms with van der Waals surface area (Å²) >= 11 is 12.2. The van der Waals surface area contributed by atoms with Crippen LogP contribution in [0.2, 0.25) is 10.0 Å². The largest absolute Gasteiger partial charge is 0.354 e. The topological polar surface area (TPSA) is 86.8 Å². The van der Waals surface area contributed by atoms with Crippen molar-refractivity contribution < 1.29 is 18.0 Å². The molecule has 0 radical (unpaired) electrons. The second kappa shape index (κ2) is 14.5. The van der Waals surface area contributed by atoms with Crippen molar-refractivity contribution in [3.8, 4) is 0 Å². The zero-order valence-corrected chi connectivity index (χ0v) is 25.2. The van der Waals surface area contributed by atoms with E-state index in [9.17, 15) is 18.0 Å². The zero-order valence-electron chi connectivity index (χ0n) is 22.9. The fourth-order valence-corrected chi connectivity index (χ4v) is 5.93. The second-order valence-electron chi connectivity index (χ2n) is 9.83. The number of carbonyl (C=O) groups excluding carboxylic acids is 2. The van der Waals surface area contributed by atoms with Crippen molar-refractivity contribution in [1.29, 1.82) is 0 Å². The van der Waals surface area contributed by atoms with Crippen LogP contribution in [0.15, 0.2) is 83.8 Å². The van der Waals surface area contributed by atoms with E-state index in [0.717, 1.165) is 9.87 Å². The highest BCUT2D eigenvalue weighted by atomic mass is 35.5. The summed E-state index contributed by atoms with van der Waals surface area (Å²) in [6.45, 7) is 6.00. The van der Waals surface area contributed by atoms with Crippen LogP contribution < -0.4 is 9.62 Å². The Morgan fingerprint density at radius 3 is 2.17 bits per heavy atom. The Morgan fingerprint density at radius 2 is 1.57 bits per heavy atom. The normalized spacial score (nSPS) is 12.2. The number of benzene rings is 3. The van der Waals surface area contributed by atoms with Crippen LogP contribution in [0.25, 0.3) is 0 Å². The molecule has 3 aromatic carbocycles. The molecule has 0 fully saturated rings. The maximum atomic E-state index is 14.0. The molecule has 0 heterocycles. The van der Waals surface area contributed by atoms with E-state index < -0.39 is 28.5 Å². The Balaban J connectivity index is 1.99. The molecular formula is C30H35Cl2N3O4S. The van der Waals surface area contributed by atoms with E-state index >= 15 is 0 Å². The number of sulfonamides is 1. The van der Waals surface area contributed by atoms with E-state index in [2.05, 4.69) is 5.32 Å². The minimum atomic E-state index is -4.19. The third-order valence-corrected chi connectivity index (χ3v) is 8.61. The summed E-state index contributed by atoms with van der Waals surface area (Å²) in [7, 11) is -4.19. The first-order chi connectivity index (χ1) is 19.0. The fraction of sp³-hybridized carbons (Fsp3) is 0.333. The highest BCUT2D eigenvalue weighted by Gasteiger charge is 2.33. The number of nitrogens with one attached hydrogen (secondary N) is 1. The highest BCUT2D eigenvalue weighted by molar-refractivity contribution is 7.92. The molecule has 40 heavy (non-hydrogen) atoms. The lowest BCUT2D eigenvalue weighted by atomic mass is 10.1. The molecule has 3 aromatic rings. The maximum absolute atomic E-state index is 14.0. The zero-order chi connectivity index (χ0) is 29.3. The number of amides is 2. The summed E-state index contributed by atoms with van der Waals surface area (Å²) in [6, 6.07) is 20.9. The first-order valence-corrected chi connectivity index (χ1v) is 15.4. The molecule has 0 aliphatic rings. The molecular weight excluding hydrogens is 569 g/mol. The fourth-order valence-electron chi connectivity index (χ4n) is 4.21. The molecule has 0 aliphatic heterocycles. The summed E-state index contributed by atoms with van der Waals surface area (Å²) in [4.78, 5) is 28.7. The van der Waals surface area contributed by atoms with E-state index in [4.69, 9.17) is 23.2 Å². The number of nitrogens with zero attached hydrogens (tertiary/aromatic N) is 2. The van der Waals surface area contributed by atoms with E-state index in [1.165, 1.54) is 35.2 Å². The van der Waals surface area contributed by atoms with Gasteiger partial charge in [0.1, 0.15) is 12.6 Å². The summed E-state index contributed by atoms with van der Waals surface area (Å²) in [5.74, 6) is -0.537. The van der Waals surface area contributed by atoms with Crippen LogP contribution in [-0.4, -0.2) is 50.8 Å². The lowest BCUT2D eigenvalue weighted by molar-refractivity contribution is -0.139. The Hall–Kier alpha value is -3.07. The Morgan fingerprint density at radius 1 is 0.900 bits per heavy atom. The first kappa shape index (κ1) is 31.5. The second-order valence-corrected chi connectivity index (χ2v) is 12.6. The minimum Gasteiger partial charge on any atom is -0.354 e. The Bertz CT molecular complexity index is 1380. The van der Waals surface area contributed by atoms with Gasteiger partial charge in [0.2, 0.25) is 11.8 Å². The number of halogens is 2. The van der Waals surface area contributed by atoms with Gasteiger partial charge in [-0.15, -0.1) is 0 Å². The lowest BCUT2D eigenvalue weighted by Crippen LogP contribution is -2.53. The Kier molecular flexibility index (Phi) is 11.4. The van der Waals surface area contributed by atoms with Crippen molar-refractivity contribution in [2.45, 2.75) is 44.6 Å². The molecule has 7 nitrogen and oxygen atoms in total. The van der Waals surface area contributed by atoms with Crippen molar-refractivity contribution in [2.24, 2.45) is 5.92 Å². The van der Waals surface area contributed by atoms with Crippen LogP contribution in [0.5, 0.6) is 0 Å². The SMILES string of the molecule is CCC(C(=O)NCC(C)C)N(CCc1ccccc1)C(=O)CN(c1cccc(Cl)c1)S(=O)(=O)c1ccc(Cl)cc1. The molecule has 0 bridgehead atoms. The van der Waals surface area contributed by atoms with Crippen LogP contribution in [0.3, 0.4) is 0 Å². The molecule has 1 atom stereocenters. The predicted molar refractivity (Wildman–Crippen MR) is 161 cm³/mol. The van der Waals surface area contributed by atoms with Crippen LogP contribution in [-0.2, 0) is 26.0 Å². The van der Waals surface area contributed by atoms with E-state index in [1.807, 2.05) is 51.1 Å². The van der Waals surface area contributed by atoms with E-state index in [-0.39, 0.29) is 29.0 Å². The van der Waals surface area contributed by atoms with Crippen LogP contribution in [0, 0.1) is 5.92 Å². The molecule has 3 rings (SSSR count). The lowest BCUT2D eigenvalue weighted by Gasteiger charge is -2.33. The van der Waals surface area contributed by atoms with Crippen molar-refractivity contribution in [3.63, 3.8) is 0 Å². The molecule has 2 amide bonds. The number of hydrogen-bond acceptors (Lipinski definition) is 4. The van der Waals surface area contributed by atoms with Crippen molar-refractivity contribution in [1.82, 2.24) is 10.2 Å². The van der Waals surface area contributed by atoms with Crippen molar-refractivity contribution in [3.05, 3.63) is 94.5 Å². The number of hydrogen-bond donors (Lipinski definition) is 1. The summed E-state index contributed by atoms with van der Waals surface area (Å²) < 4.78 is 28.7. The van der Waals surface area contributed by atoms with Crippen molar-refractivity contribution in [2.75, 3.05) is 23.9 Å². The molecule has 0 aliphatic carbocycles. The molecule has 0 aromatic heterocycles. The van der Waals surface area contributed by atoms with Crippen molar-refractivity contribution >= 4 is 50.7 Å². The predicted octanol–water partition coefficient (Wildman–Crippen LogP) is 5.81. The van der Waals surface area contributed by atoms with Gasteiger partial charge in [-0.2, -0.15) is 0 Å². The van der Waals surface area contributed by atoms with Gasteiger partial charge in [0, 0.05) is 23.1 Å². The van der Waals surface area contributed by atoms with Gasteiger partial charge in [0.15, 0.2) is 0 Å². The van der Waals surface area contributed by atoms with E-state index in [0.29, 0.717) is 29.4 Å². The third-order valence-electron chi connectivity index (χ3n) is 6.33. The van der Waals surface area contributed by atoms with Gasteiger partial charge in [-0.3, -0.25) is 13.9 Å². The maximum Gasteiger partial charge on any atom is 0.264 e. The molecule has 0 spiro atoms. The molecule has 1 unspecified atom stereocenters. The average Bonchev–Trinajstić information content (AvgIpc) is 2.93.